The fourth-order valence-electron chi connectivity index (χ4n) is 1.75. The van der Waals surface area contributed by atoms with Crippen LogP contribution in [0.3, 0.4) is 0 Å². The fourth-order valence-corrected chi connectivity index (χ4v) is 1.75. The first-order valence-corrected chi connectivity index (χ1v) is 5.48. The lowest BCUT2D eigenvalue weighted by Crippen LogP contribution is -2.40. The predicted octanol–water partition coefficient (Wildman–Crippen LogP) is -0.700. The molecule has 0 aliphatic carbocycles. The molecule has 4 N–H and O–H groups in total. The van der Waals surface area contributed by atoms with E-state index in [1.165, 1.54) is 0 Å². The molecule has 15 heavy (non-hydrogen) atoms. The maximum atomic E-state index is 10.8. The summed E-state index contributed by atoms with van der Waals surface area (Å²) in [6, 6.07) is -0.524. The van der Waals surface area contributed by atoms with Crippen LogP contribution >= 0.6 is 0 Å². The van der Waals surface area contributed by atoms with Gasteiger partial charge in [-0.1, -0.05) is 0 Å². The molecule has 1 fully saturated rings. The molecule has 5 nitrogen and oxygen atoms in total. The lowest BCUT2D eigenvalue weighted by atomic mass is 10.2. The Labute approximate surface area is 90.7 Å². The number of carbonyl (C=O) groups is 1. The van der Waals surface area contributed by atoms with Gasteiger partial charge in [-0.05, 0) is 19.8 Å². The Morgan fingerprint density at radius 2 is 2.40 bits per heavy atom. The molecular formula is C10H21N3O2. The zero-order valence-corrected chi connectivity index (χ0v) is 9.32. The Balaban J connectivity index is 2.27. The van der Waals surface area contributed by atoms with E-state index in [-0.39, 0.29) is 6.10 Å². The van der Waals surface area contributed by atoms with Crippen LogP contribution in [-0.2, 0) is 9.53 Å². The molecule has 0 aromatic heterocycles. The van der Waals surface area contributed by atoms with Crippen LogP contribution in [-0.4, -0.2) is 49.2 Å². The Bertz CT molecular complexity index is 211. The van der Waals surface area contributed by atoms with Gasteiger partial charge in [0.2, 0.25) is 5.91 Å². The number of amides is 1. The van der Waals surface area contributed by atoms with Gasteiger partial charge >= 0.3 is 0 Å². The number of carbonyl (C=O) groups excluding carboxylic acids is 1. The number of hydrogen-bond donors (Lipinski definition) is 2. The highest BCUT2D eigenvalue weighted by Gasteiger charge is 2.16. The minimum Gasteiger partial charge on any atom is -0.377 e. The van der Waals surface area contributed by atoms with Crippen molar-refractivity contribution in [3.8, 4) is 0 Å². The van der Waals surface area contributed by atoms with Crippen molar-refractivity contribution in [2.24, 2.45) is 11.5 Å². The van der Waals surface area contributed by atoms with E-state index in [9.17, 15) is 4.79 Å². The van der Waals surface area contributed by atoms with Crippen molar-refractivity contribution in [1.82, 2.24) is 4.90 Å². The molecule has 2 unspecified atom stereocenters. The number of hydrogen-bond acceptors (Lipinski definition) is 4. The molecule has 0 aromatic carbocycles. The van der Waals surface area contributed by atoms with Gasteiger partial charge in [-0.15, -0.1) is 0 Å². The molecular weight excluding hydrogens is 194 g/mol. The quantitative estimate of drug-likeness (QED) is 0.649. The Kier molecular flexibility index (Phi) is 5.01. The Morgan fingerprint density at radius 1 is 1.67 bits per heavy atom. The Morgan fingerprint density at radius 3 is 3.07 bits per heavy atom. The molecule has 0 radical (unpaired) electrons. The van der Waals surface area contributed by atoms with E-state index in [4.69, 9.17) is 16.2 Å². The molecule has 1 aliphatic heterocycles. The maximum Gasteiger partial charge on any atom is 0.234 e. The van der Waals surface area contributed by atoms with E-state index in [0.29, 0.717) is 6.42 Å². The Hall–Kier alpha value is -0.650. The molecule has 5 heteroatoms. The van der Waals surface area contributed by atoms with E-state index < -0.39 is 11.9 Å². The van der Waals surface area contributed by atoms with Crippen LogP contribution in [0.4, 0.5) is 0 Å². The van der Waals surface area contributed by atoms with Gasteiger partial charge in [-0.2, -0.15) is 0 Å². The van der Waals surface area contributed by atoms with Crippen molar-refractivity contribution < 1.29 is 9.53 Å². The molecule has 1 rings (SSSR count). The van der Waals surface area contributed by atoms with Crippen LogP contribution in [0, 0.1) is 0 Å². The molecule has 0 saturated carbocycles. The van der Waals surface area contributed by atoms with Crippen LogP contribution in [0.1, 0.15) is 19.8 Å². The van der Waals surface area contributed by atoms with Gasteiger partial charge < -0.3 is 21.1 Å². The zero-order valence-electron chi connectivity index (χ0n) is 9.32. The summed E-state index contributed by atoms with van der Waals surface area (Å²) in [6.45, 7) is 5.62. The van der Waals surface area contributed by atoms with Gasteiger partial charge in [0.25, 0.3) is 0 Å². The van der Waals surface area contributed by atoms with Crippen molar-refractivity contribution in [3.05, 3.63) is 0 Å². The summed E-state index contributed by atoms with van der Waals surface area (Å²) in [6.07, 6.45) is 1.93. The summed E-state index contributed by atoms with van der Waals surface area (Å²) in [4.78, 5) is 13.0. The first-order valence-electron chi connectivity index (χ1n) is 5.48. The van der Waals surface area contributed by atoms with E-state index in [1.54, 1.807) is 0 Å². The molecule has 0 spiro atoms. The van der Waals surface area contributed by atoms with Crippen LogP contribution in [0.2, 0.25) is 0 Å². The average Bonchev–Trinajstić information content (AvgIpc) is 2.38. The van der Waals surface area contributed by atoms with Crippen LogP contribution in [0.25, 0.3) is 0 Å². The monoisotopic (exact) mass is 215 g/mol. The summed E-state index contributed by atoms with van der Waals surface area (Å²) in [5.41, 5.74) is 10.7. The number of nitrogens with two attached hydrogens (primary N) is 2. The lowest BCUT2D eigenvalue weighted by molar-refractivity contribution is -0.119. The van der Waals surface area contributed by atoms with Gasteiger partial charge in [0.1, 0.15) is 0 Å². The summed E-state index contributed by atoms with van der Waals surface area (Å²) >= 11 is 0. The molecule has 2 atom stereocenters. The zero-order chi connectivity index (χ0) is 11.3. The van der Waals surface area contributed by atoms with Crippen LogP contribution in [0.5, 0.6) is 0 Å². The largest absolute Gasteiger partial charge is 0.377 e. The third-order valence-electron chi connectivity index (χ3n) is 2.66. The highest BCUT2D eigenvalue weighted by atomic mass is 16.5. The third-order valence-corrected chi connectivity index (χ3v) is 2.66. The van der Waals surface area contributed by atoms with Crippen molar-refractivity contribution in [3.63, 3.8) is 0 Å². The van der Waals surface area contributed by atoms with Gasteiger partial charge in [0, 0.05) is 26.2 Å². The van der Waals surface area contributed by atoms with Crippen molar-refractivity contribution in [2.45, 2.75) is 31.9 Å². The first kappa shape index (κ1) is 12.4. The fraction of sp³-hybridized carbons (Fsp3) is 0.900. The minimum atomic E-state index is -0.524. The maximum absolute atomic E-state index is 10.8. The molecule has 1 heterocycles. The molecule has 1 saturated heterocycles. The highest BCUT2D eigenvalue weighted by molar-refractivity contribution is 5.79. The molecule has 0 aromatic rings. The van der Waals surface area contributed by atoms with Crippen molar-refractivity contribution in [2.75, 3.05) is 26.2 Å². The van der Waals surface area contributed by atoms with Gasteiger partial charge in [-0.25, -0.2) is 0 Å². The summed E-state index contributed by atoms with van der Waals surface area (Å²) in [5.74, 6) is -0.422. The van der Waals surface area contributed by atoms with Crippen LogP contribution < -0.4 is 11.5 Å². The number of primary amides is 1. The number of rotatable bonds is 4. The van der Waals surface area contributed by atoms with Crippen molar-refractivity contribution in [1.29, 1.82) is 0 Å². The van der Waals surface area contributed by atoms with Gasteiger partial charge in [0.15, 0.2) is 0 Å². The second-order valence-electron chi connectivity index (χ2n) is 4.13. The van der Waals surface area contributed by atoms with Gasteiger partial charge in [-0.3, -0.25) is 4.79 Å². The second-order valence-corrected chi connectivity index (χ2v) is 4.13. The van der Waals surface area contributed by atoms with E-state index in [1.807, 2.05) is 0 Å². The summed E-state index contributed by atoms with van der Waals surface area (Å²) < 4.78 is 5.52. The SMILES string of the molecule is CC1CN(CCC(N)C(N)=O)CCCO1. The molecule has 1 aliphatic rings. The van der Waals surface area contributed by atoms with Gasteiger partial charge in [0.05, 0.1) is 12.1 Å². The van der Waals surface area contributed by atoms with Crippen molar-refractivity contribution >= 4 is 5.91 Å². The van der Waals surface area contributed by atoms with E-state index >= 15 is 0 Å². The summed E-state index contributed by atoms with van der Waals surface area (Å²) in [7, 11) is 0. The smallest absolute Gasteiger partial charge is 0.234 e. The average molecular weight is 215 g/mol. The molecule has 0 bridgehead atoms. The second kappa shape index (κ2) is 6.05. The minimum absolute atomic E-state index is 0.261. The standard InChI is InChI=1S/C10H21N3O2/c1-8-7-13(4-2-6-15-8)5-3-9(11)10(12)14/h8-9H,2-7,11H2,1H3,(H2,12,14). The highest BCUT2D eigenvalue weighted by Crippen LogP contribution is 2.06. The summed E-state index contributed by atoms with van der Waals surface area (Å²) in [5, 5.41) is 0. The number of ether oxygens (including phenoxy) is 1. The molecule has 88 valence electrons. The normalized spacial score (nSPS) is 25.9. The van der Waals surface area contributed by atoms with E-state index in [0.717, 1.165) is 32.7 Å². The third kappa shape index (κ3) is 4.59. The topological polar surface area (TPSA) is 81.6 Å². The molecule has 1 amide bonds. The lowest BCUT2D eigenvalue weighted by Gasteiger charge is -2.22. The van der Waals surface area contributed by atoms with Crippen LogP contribution in [0.15, 0.2) is 0 Å². The first-order chi connectivity index (χ1) is 7.09. The predicted molar refractivity (Wildman–Crippen MR) is 58.3 cm³/mol. The van der Waals surface area contributed by atoms with E-state index in [2.05, 4.69) is 11.8 Å². The number of nitrogens with zero attached hydrogens (tertiary/aromatic N) is 1.